The highest BCUT2D eigenvalue weighted by atomic mass is 15.1. The molecule has 0 fully saturated rings. The summed E-state index contributed by atoms with van der Waals surface area (Å²) in [7, 11) is 0. The lowest BCUT2D eigenvalue weighted by molar-refractivity contribution is 0.800. The molecule has 110 valence electrons. The molecule has 1 aliphatic heterocycles. The Labute approximate surface area is 128 Å². The van der Waals surface area contributed by atoms with Gasteiger partial charge in [0.25, 0.3) is 0 Å². The standard InChI is InChI=1S/C16H16N6/c17-15-13-7-3-4-8-14(13)20-16(21-15)12-6-2-1-5-11(12)9-10-19-22-18/h1-8,16,20H,9-10H2,(H2,17,21). The maximum Gasteiger partial charge on any atom is 0.147 e. The molecular formula is C16H16N6. The van der Waals surface area contributed by atoms with Gasteiger partial charge >= 0.3 is 0 Å². The van der Waals surface area contributed by atoms with Crippen molar-refractivity contribution in [3.05, 3.63) is 75.7 Å². The third-order valence-corrected chi connectivity index (χ3v) is 3.66. The lowest BCUT2D eigenvalue weighted by atomic mass is 10.0. The topological polar surface area (TPSA) is 99.2 Å². The zero-order valence-corrected chi connectivity index (χ0v) is 12.0. The summed E-state index contributed by atoms with van der Waals surface area (Å²) >= 11 is 0. The van der Waals surface area contributed by atoms with Gasteiger partial charge < -0.3 is 11.1 Å². The molecule has 1 unspecified atom stereocenters. The maximum atomic E-state index is 8.41. The molecular weight excluding hydrogens is 276 g/mol. The van der Waals surface area contributed by atoms with E-state index in [1.165, 1.54) is 0 Å². The second-order valence-corrected chi connectivity index (χ2v) is 5.01. The second kappa shape index (κ2) is 6.20. The molecule has 2 aromatic rings. The summed E-state index contributed by atoms with van der Waals surface area (Å²) in [4.78, 5) is 7.36. The molecule has 3 rings (SSSR count). The van der Waals surface area contributed by atoms with Crippen molar-refractivity contribution in [2.45, 2.75) is 12.6 Å². The van der Waals surface area contributed by atoms with Crippen molar-refractivity contribution in [3.63, 3.8) is 0 Å². The van der Waals surface area contributed by atoms with E-state index < -0.39 is 0 Å². The summed E-state index contributed by atoms with van der Waals surface area (Å²) in [5.74, 6) is 0.532. The van der Waals surface area contributed by atoms with E-state index in [1.807, 2.05) is 48.5 Å². The number of nitrogens with zero attached hydrogens (tertiary/aromatic N) is 4. The number of anilines is 1. The molecule has 6 heteroatoms. The fraction of sp³-hybridized carbons (Fsp3) is 0.188. The minimum Gasteiger partial charge on any atom is -0.383 e. The van der Waals surface area contributed by atoms with Crippen LogP contribution in [-0.4, -0.2) is 12.4 Å². The van der Waals surface area contributed by atoms with E-state index in [2.05, 4.69) is 20.3 Å². The number of para-hydroxylation sites is 1. The number of hydrogen-bond acceptors (Lipinski definition) is 4. The molecule has 2 aromatic carbocycles. The zero-order valence-electron chi connectivity index (χ0n) is 12.0. The fourth-order valence-corrected chi connectivity index (χ4v) is 2.61. The van der Waals surface area contributed by atoms with Crippen LogP contribution in [0.4, 0.5) is 5.69 Å². The van der Waals surface area contributed by atoms with Crippen LogP contribution < -0.4 is 11.1 Å². The normalized spacial score (nSPS) is 16.0. The number of azide groups is 1. The Morgan fingerprint density at radius 1 is 1.18 bits per heavy atom. The first-order valence-corrected chi connectivity index (χ1v) is 7.07. The number of amidine groups is 1. The largest absolute Gasteiger partial charge is 0.383 e. The van der Waals surface area contributed by atoms with E-state index in [0.29, 0.717) is 18.8 Å². The number of nitrogens with two attached hydrogens (primary N) is 1. The van der Waals surface area contributed by atoms with Crippen LogP contribution in [0.1, 0.15) is 22.9 Å². The van der Waals surface area contributed by atoms with E-state index in [-0.39, 0.29) is 6.17 Å². The van der Waals surface area contributed by atoms with Crippen LogP contribution >= 0.6 is 0 Å². The Bertz CT molecular complexity index is 761. The third-order valence-electron chi connectivity index (χ3n) is 3.66. The van der Waals surface area contributed by atoms with Gasteiger partial charge in [-0.25, -0.2) is 4.99 Å². The Hall–Kier alpha value is -2.98. The van der Waals surface area contributed by atoms with E-state index in [9.17, 15) is 0 Å². The van der Waals surface area contributed by atoms with Crippen molar-refractivity contribution in [1.82, 2.24) is 0 Å². The van der Waals surface area contributed by atoms with Crippen LogP contribution in [0.3, 0.4) is 0 Å². The summed E-state index contributed by atoms with van der Waals surface area (Å²) in [6, 6.07) is 15.8. The Morgan fingerprint density at radius 3 is 2.82 bits per heavy atom. The molecule has 3 N–H and O–H groups in total. The number of hydrogen-bond donors (Lipinski definition) is 2. The number of rotatable bonds is 4. The minimum absolute atomic E-state index is 0.225. The monoisotopic (exact) mass is 292 g/mol. The molecule has 6 nitrogen and oxygen atoms in total. The van der Waals surface area contributed by atoms with Crippen molar-refractivity contribution in [2.75, 3.05) is 11.9 Å². The second-order valence-electron chi connectivity index (χ2n) is 5.01. The molecule has 0 aromatic heterocycles. The van der Waals surface area contributed by atoms with Gasteiger partial charge in [0.15, 0.2) is 0 Å². The Morgan fingerprint density at radius 2 is 1.95 bits per heavy atom. The Kier molecular flexibility index (Phi) is 3.94. The van der Waals surface area contributed by atoms with Crippen LogP contribution in [0.5, 0.6) is 0 Å². The first-order chi connectivity index (χ1) is 10.8. The first-order valence-electron chi connectivity index (χ1n) is 7.07. The van der Waals surface area contributed by atoms with Crippen LogP contribution in [0, 0.1) is 0 Å². The lowest BCUT2D eigenvalue weighted by Gasteiger charge is -2.25. The third kappa shape index (κ3) is 2.73. The average molecular weight is 292 g/mol. The summed E-state index contributed by atoms with van der Waals surface area (Å²) in [5, 5.41) is 7.01. The summed E-state index contributed by atoms with van der Waals surface area (Å²) in [6.45, 7) is 0.427. The number of nitrogens with one attached hydrogen (secondary N) is 1. The highest BCUT2D eigenvalue weighted by Crippen LogP contribution is 2.30. The molecule has 0 saturated heterocycles. The number of benzene rings is 2. The molecule has 0 saturated carbocycles. The van der Waals surface area contributed by atoms with Crippen molar-refractivity contribution >= 4 is 11.5 Å². The Balaban J connectivity index is 1.93. The van der Waals surface area contributed by atoms with E-state index in [4.69, 9.17) is 11.3 Å². The van der Waals surface area contributed by atoms with E-state index >= 15 is 0 Å². The predicted molar refractivity (Wildman–Crippen MR) is 87.7 cm³/mol. The average Bonchev–Trinajstić information content (AvgIpc) is 2.55. The molecule has 0 bridgehead atoms. The van der Waals surface area contributed by atoms with Crippen LogP contribution in [0.25, 0.3) is 10.4 Å². The molecule has 0 amide bonds. The van der Waals surface area contributed by atoms with Crippen LogP contribution in [0.2, 0.25) is 0 Å². The SMILES string of the molecule is [N-]=[N+]=NCCc1ccccc1C1N=C(N)c2ccccc2N1. The quantitative estimate of drug-likeness (QED) is 0.513. The molecule has 0 aliphatic carbocycles. The first kappa shape index (κ1) is 14.0. The molecule has 0 spiro atoms. The van der Waals surface area contributed by atoms with Gasteiger partial charge in [-0.05, 0) is 35.2 Å². The van der Waals surface area contributed by atoms with Gasteiger partial charge in [0.05, 0.1) is 0 Å². The fourth-order valence-electron chi connectivity index (χ4n) is 2.61. The van der Waals surface area contributed by atoms with Gasteiger partial charge in [-0.15, -0.1) is 0 Å². The smallest absolute Gasteiger partial charge is 0.147 e. The van der Waals surface area contributed by atoms with Gasteiger partial charge in [-0.3, -0.25) is 0 Å². The summed E-state index contributed by atoms with van der Waals surface area (Å²) in [6.07, 6.45) is 0.451. The maximum absolute atomic E-state index is 8.41. The van der Waals surface area contributed by atoms with Crippen molar-refractivity contribution in [3.8, 4) is 0 Å². The van der Waals surface area contributed by atoms with Gasteiger partial charge in [0, 0.05) is 22.7 Å². The van der Waals surface area contributed by atoms with Crippen molar-refractivity contribution in [2.24, 2.45) is 15.8 Å². The van der Waals surface area contributed by atoms with Crippen molar-refractivity contribution in [1.29, 1.82) is 0 Å². The molecule has 1 aliphatic rings. The molecule has 0 radical (unpaired) electrons. The van der Waals surface area contributed by atoms with Crippen molar-refractivity contribution < 1.29 is 0 Å². The van der Waals surface area contributed by atoms with Gasteiger partial charge in [0.1, 0.15) is 12.0 Å². The van der Waals surface area contributed by atoms with E-state index in [1.54, 1.807) is 0 Å². The van der Waals surface area contributed by atoms with Crippen LogP contribution in [-0.2, 0) is 6.42 Å². The van der Waals surface area contributed by atoms with Crippen LogP contribution in [0.15, 0.2) is 58.6 Å². The number of fused-ring (bicyclic) bond motifs is 1. The van der Waals surface area contributed by atoms with Gasteiger partial charge in [0.2, 0.25) is 0 Å². The number of aliphatic imine (C=N–C) groups is 1. The highest BCUT2D eigenvalue weighted by molar-refractivity contribution is 6.03. The highest BCUT2D eigenvalue weighted by Gasteiger charge is 2.21. The zero-order chi connectivity index (χ0) is 15.4. The van der Waals surface area contributed by atoms with Gasteiger partial charge in [-0.2, -0.15) is 0 Å². The lowest BCUT2D eigenvalue weighted by Crippen LogP contribution is -2.25. The van der Waals surface area contributed by atoms with Gasteiger partial charge in [-0.1, -0.05) is 41.5 Å². The molecule has 1 atom stereocenters. The summed E-state index contributed by atoms with van der Waals surface area (Å²) in [5.41, 5.74) is 18.6. The molecule has 1 heterocycles. The predicted octanol–water partition coefficient (Wildman–Crippen LogP) is 3.37. The minimum atomic E-state index is -0.225. The molecule has 22 heavy (non-hydrogen) atoms. The summed E-state index contributed by atoms with van der Waals surface area (Å²) < 4.78 is 0. The van der Waals surface area contributed by atoms with E-state index in [0.717, 1.165) is 22.4 Å².